The van der Waals surface area contributed by atoms with E-state index < -0.39 is 10.8 Å². The van der Waals surface area contributed by atoms with Crippen molar-refractivity contribution in [3.05, 3.63) is 80.5 Å². The summed E-state index contributed by atoms with van der Waals surface area (Å²) in [5.74, 6) is -0.112. The number of nitrogens with zero attached hydrogens (tertiary/aromatic N) is 1. The van der Waals surface area contributed by atoms with Gasteiger partial charge in [-0.1, -0.05) is 29.3 Å². The Hall–Kier alpha value is -2.83. The zero-order chi connectivity index (χ0) is 18.0. The molecule has 0 unspecified atom stereocenters. The second-order valence-corrected chi connectivity index (χ2v) is 5.89. The molecule has 8 heteroatoms. The molecule has 1 aromatic heterocycles. The van der Waals surface area contributed by atoms with Gasteiger partial charge in [-0.3, -0.25) is 14.9 Å². The smallest absolute Gasteiger partial charge is 0.291 e. The number of nitro benzene ring substituents is 1. The number of furan rings is 1. The Morgan fingerprint density at radius 2 is 1.88 bits per heavy atom. The maximum Gasteiger partial charge on any atom is 0.291 e. The molecule has 1 amide bonds. The topological polar surface area (TPSA) is 85.4 Å². The summed E-state index contributed by atoms with van der Waals surface area (Å²) in [5.41, 5.74) is 0.727. The molecule has 0 aliphatic heterocycles. The standard InChI is InChI=1S/C17H10Cl2N2O4/c18-10-4-5-14(19)13(8-10)15-6-7-16(25-15)17(22)20-11-2-1-3-12(9-11)21(23)24/h1-9H,(H,20,22). The van der Waals surface area contributed by atoms with Crippen LogP contribution < -0.4 is 5.32 Å². The largest absolute Gasteiger partial charge is 0.451 e. The third-order valence-electron chi connectivity index (χ3n) is 3.34. The third-order valence-corrected chi connectivity index (χ3v) is 3.90. The highest BCUT2D eigenvalue weighted by Crippen LogP contribution is 2.32. The molecule has 126 valence electrons. The fourth-order valence-electron chi connectivity index (χ4n) is 2.18. The quantitative estimate of drug-likeness (QED) is 0.486. The molecule has 3 rings (SSSR count). The van der Waals surface area contributed by atoms with Gasteiger partial charge >= 0.3 is 0 Å². The van der Waals surface area contributed by atoms with Crippen LogP contribution in [0, 0.1) is 10.1 Å². The molecule has 0 spiro atoms. The molecule has 6 nitrogen and oxygen atoms in total. The van der Waals surface area contributed by atoms with E-state index in [1.165, 1.54) is 24.3 Å². The SMILES string of the molecule is O=C(Nc1cccc([N+](=O)[O-])c1)c1ccc(-c2cc(Cl)ccc2Cl)o1. The van der Waals surface area contributed by atoms with Crippen LogP contribution in [0.2, 0.25) is 10.0 Å². The van der Waals surface area contributed by atoms with Crippen molar-refractivity contribution in [1.82, 2.24) is 0 Å². The molecule has 2 aromatic carbocycles. The van der Waals surface area contributed by atoms with Crippen LogP contribution in [-0.2, 0) is 0 Å². The van der Waals surface area contributed by atoms with Crippen LogP contribution in [0.5, 0.6) is 0 Å². The zero-order valence-electron chi connectivity index (χ0n) is 12.5. The molecule has 0 bridgehead atoms. The first kappa shape index (κ1) is 17.0. The van der Waals surface area contributed by atoms with Crippen LogP contribution in [0.15, 0.2) is 59.0 Å². The molecule has 3 aromatic rings. The molecule has 0 radical (unpaired) electrons. The highest BCUT2D eigenvalue weighted by atomic mass is 35.5. The van der Waals surface area contributed by atoms with E-state index in [-0.39, 0.29) is 17.1 Å². The fourth-order valence-corrected chi connectivity index (χ4v) is 2.56. The second-order valence-electron chi connectivity index (χ2n) is 5.05. The molecule has 0 aliphatic carbocycles. The van der Waals surface area contributed by atoms with E-state index >= 15 is 0 Å². The number of hydrogen-bond donors (Lipinski definition) is 1. The molecule has 0 atom stereocenters. The van der Waals surface area contributed by atoms with Crippen molar-refractivity contribution in [2.45, 2.75) is 0 Å². The average molecular weight is 377 g/mol. The highest BCUT2D eigenvalue weighted by molar-refractivity contribution is 6.35. The summed E-state index contributed by atoms with van der Waals surface area (Å²) in [6.45, 7) is 0. The van der Waals surface area contributed by atoms with Gasteiger partial charge in [-0.05, 0) is 36.4 Å². The van der Waals surface area contributed by atoms with E-state index in [4.69, 9.17) is 27.6 Å². The van der Waals surface area contributed by atoms with Crippen LogP contribution in [0.25, 0.3) is 11.3 Å². The van der Waals surface area contributed by atoms with Crippen molar-refractivity contribution in [3.63, 3.8) is 0 Å². The Labute approximate surface area is 152 Å². The van der Waals surface area contributed by atoms with Gasteiger partial charge in [0.25, 0.3) is 11.6 Å². The Balaban J connectivity index is 1.82. The lowest BCUT2D eigenvalue weighted by Crippen LogP contribution is -2.10. The summed E-state index contributed by atoms with van der Waals surface area (Å²) in [7, 11) is 0. The Morgan fingerprint density at radius 1 is 1.08 bits per heavy atom. The van der Waals surface area contributed by atoms with Crippen molar-refractivity contribution in [2.24, 2.45) is 0 Å². The molecule has 25 heavy (non-hydrogen) atoms. The van der Waals surface area contributed by atoms with Gasteiger partial charge in [0.15, 0.2) is 5.76 Å². The minimum Gasteiger partial charge on any atom is -0.451 e. The van der Waals surface area contributed by atoms with Crippen molar-refractivity contribution in [1.29, 1.82) is 0 Å². The van der Waals surface area contributed by atoms with Crippen molar-refractivity contribution < 1.29 is 14.1 Å². The molecule has 1 heterocycles. The van der Waals surface area contributed by atoms with Crippen LogP contribution in [0.4, 0.5) is 11.4 Å². The molecule has 1 N–H and O–H groups in total. The maximum atomic E-state index is 12.3. The molecule has 0 fully saturated rings. The van der Waals surface area contributed by atoms with Crippen LogP contribution in [0.1, 0.15) is 10.6 Å². The predicted molar refractivity (Wildman–Crippen MR) is 95.2 cm³/mol. The summed E-state index contributed by atoms with van der Waals surface area (Å²) in [4.78, 5) is 22.5. The van der Waals surface area contributed by atoms with Gasteiger partial charge in [0.2, 0.25) is 0 Å². The normalized spacial score (nSPS) is 10.5. The van der Waals surface area contributed by atoms with Crippen LogP contribution in [0.3, 0.4) is 0 Å². The van der Waals surface area contributed by atoms with E-state index in [9.17, 15) is 14.9 Å². The van der Waals surface area contributed by atoms with Gasteiger partial charge in [-0.2, -0.15) is 0 Å². The van der Waals surface area contributed by atoms with Gasteiger partial charge in [0.1, 0.15) is 5.76 Å². The number of nitro groups is 1. The third kappa shape index (κ3) is 3.81. The van der Waals surface area contributed by atoms with Crippen molar-refractivity contribution >= 4 is 40.5 Å². The minimum atomic E-state index is -0.540. The first-order valence-corrected chi connectivity index (χ1v) is 7.81. The summed E-state index contributed by atoms with van der Waals surface area (Å²) < 4.78 is 5.53. The lowest BCUT2D eigenvalue weighted by molar-refractivity contribution is -0.384. The van der Waals surface area contributed by atoms with Crippen LogP contribution >= 0.6 is 23.2 Å². The van der Waals surface area contributed by atoms with Gasteiger partial charge in [-0.15, -0.1) is 0 Å². The first-order valence-electron chi connectivity index (χ1n) is 7.05. The van der Waals surface area contributed by atoms with E-state index in [0.717, 1.165) is 0 Å². The number of benzene rings is 2. The Kier molecular flexibility index (Phi) is 4.74. The van der Waals surface area contributed by atoms with E-state index in [0.29, 0.717) is 21.4 Å². The number of amides is 1. The molecule has 0 aliphatic rings. The molecular weight excluding hydrogens is 367 g/mol. The number of carbonyl (C=O) groups excluding carboxylic acids is 1. The zero-order valence-corrected chi connectivity index (χ0v) is 14.0. The minimum absolute atomic E-state index is 0.0394. The van der Waals surface area contributed by atoms with Gasteiger partial charge < -0.3 is 9.73 Å². The van der Waals surface area contributed by atoms with Gasteiger partial charge in [0, 0.05) is 28.4 Å². The highest BCUT2D eigenvalue weighted by Gasteiger charge is 2.15. The van der Waals surface area contributed by atoms with E-state index in [2.05, 4.69) is 5.32 Å². The first-order chi connectivity index (χ1) is 11.9. The summed E-state index contributed by atoms with van der Waals surface area (Å²) >= 11 is 12.1. The summed E-state index contributed by atoms with van der Waals surface area (Å²) in [5, 5.41) is 14.2. The number of carbonyl (C=O) groups is 1. The fraction of sp³-hybridized carbons (Fsp3) is 0. The predicted octanol–water partition coefficient (Wildman–Crippen LogP) is 5.41. The average Bonchev–Trinajstić information content (AvgIpc) is 3.07. The summed E-state index contributed by atoms with van der Waals surface area (Å²) in [6, 6.07) is 13.6. The number of halogens is 2. The Bertz CT molecular complexity index is 969. The van der Waals surface area contributed by atoms with Crippen LogP contribution in [-0.4, -0.2) is 10.8 Å². The van der Waals surface area contributed by atoms with Crippen molar-refractivity contribution in [3.8, 4) is 11.3 Å². The second kappa shape index (κ2) is 6.96. The lowest BCUT2D eigenvalue weighted by Gasteiger charge is -2.04. The number of non-ortho nitro benzene ring substituents is 1. The lowest BCUT2D eigenvalue weighted by atomic mass is 10.2. The van der Waals surface area contributed by atoms with Gasteiger partial charge in [0.05, 0.1) is 9.95 Å². The maximum absolute atomic E-state index is 12.3. The van der Waals surface area contributed by atoms with E-state index in [1.54, 1.807) is 30.3 Å². The molecule has 0 saturated carbocycles. The molecular formula is C17H10Cl2N2O4. The van der Waals surface area contributed by atoms with Gasteiger partial charge in [-0.25, -0.2) is 0 Å². The summed E-state index contributed by atoms with van der Waals surface area (Å²) in [6.07, 6.45) is 0. The number of rotatable bonds is 4. The van der Waals surface area contributed by atoms with Crippen molar-refractivity contribution in [2.75, 3.05) is 5.32 Å². The monoisotopic (exact) mass is 376 g/mol. The number of hydrogen-bond acceptors (Lipinski definition) is 4. The molecule has 0 saturated heterocycles. The number of nitrogens with one attached hydrogen (secondary N) is 1. The van der Waals surface area contributed by atoms with E-state index in [1.807, 2.05) is 0 Å². The Morgan fingerprint density at radius 3 is 2.64 bits per heavy atom. The number of anilines is 1.